The van der Waals surface area contributed by atoms with E-state index in [1.54, 1.807) is 18.4 Å². The highest BCUT2D eigenvalue weighted by Crippen LogP contribution is 2.26. The molecule has 1 heterocycles. The van der Waals surface area contributed by atoms with Crippen LogP contribution in [0.1, 0.15) is 35.2 Å². The smallest absolute Gasteiger partial charge is 0.123 e. The molecule has 0 radical (unpaired) electrons. The summed E-state index contributed by atoms with van der Waals surface area (Å²) in [6.45, 7) is 7.31. The topological polar surface area (TPSA) is 21.3 Å². The zero-order chi connectivity index (χ0) is 13.8. The standard InChI is InChI=1S/C16H21NOS/c1-11-5-6-15(16(7-11)18-4)13(3)17-8-14-10-19-9-12(14)2/h5-7,9-10,13,17H,8H2,1-4H3. The fourth-order valence-electron chi connectivity index (χ4n) is 2.12. The van der Waals surface area contributed by atoms with E-state index in [1.165, 1.54) is 22.3 Å². The van der Waals surface area contributed by atoms with E-state index in [9.17, 15) is 0 Å². The average molecular weight is 275 g/mol. The fraction of sp³-hybridized carbons (Fsp3) is 0.375. The lowest BCUT2D eigenvalue weighted by atomic mass is 10.0. The van der Waals surface area contributed by atoms with Gasteiger partial charge in [-0.25, -0.2) is 0 Å². The summed E-state index contributed by atoms with van der Waals surface area (Å²) in [5.41, 5.74) is 5.17. The molecule has 0 amide bonds. The lowest BCUT2D eigenvalue weighted by Crippen LogP contribution is -2.18. The molecule has 1 aromatic carbocycles. The van der Waals surface area contributed by atoms with E-state index in [0.717, 1.165) is 12.3 Å². The number of hydrogen-bond acceptors (Lipinski definition) is 3. The predicted molar refractivity (Wildman–Crippen MR) is 82.0 cm³/mol. The summed E-state index contributed by atoms with van der Waals surface area (Å²) in [5, 5.41) is 7.96. The first-order valence-electron chi connectivity index (χ1n) is 6.51. The van der Waals surface area contributed by atoms with Gasteiger partial charge in [0.25, 0.3) is 0 Å². The third-order valence-electron chi connectivity index (χ3n) is 3.42. The van der Waals surface area contributed by atoms with Crippen LogP contribution in [0.4, 0.5) is 0 Å². The van der Waals surface area contributed by atoms with Crippen molar-refractivity contribution in [2.45, 2.75) is 33.4 Å². The highest BCUT2D eigenvalue weighted by atomic mass is 32.1. The van der Waals surface area contributed by atoms with Crippen molar-refractivity contribution in [3.8, 4) is 5.75 Å². The number of thiophene rings is 1. The van der Waals surface area contributed by atoms with Crippen molar-refractivity contribution < 1.29 is 4.74 Å². The van der Waals surface area contributed by atoms with E-state index in [-0.39, 0.29) is 6.04 Å². The van der Waals surface area contributed by atoms with Crippen LogP contribution in [0.5, 0.6) is 5.75 Å². The molecule has 1 unspecified atom stereocenters. The van der Waals surface area contributed by atoms with Gasteiger partial charge in [0.15, 0.2) is 0 Å². The molecule has 19 heavy (non-hydrogen) atoms. The summed E-state index contributed by atoms with van der Waals surface area (Å²) in [6.07, 6.45) is 0. The quantitative estimate of drug-likeness (QED) is 0.882. The van der Waals surface area contributed by atoms with Crippen molar-refractivity contribution in [1.82, 2.24) is 5.32 Å². The Balaban J connectivity index is 2.07. The number of rotatable bonds is 5. The Bertz CT molecular complexity index is 547. The van der Waals surface area contributed by atoms with Crippen molar-refractivity contribution in [3.05, 3.63) is 51.2 Å². The van der Waals surface area contributed by atoms with Crippen molar-refractivity contribution in [2.75, 3.05) is 7.11 Å². The Labute approximate surface area is 119 Å². The molecule has 0 saturated carbocycles. The number of nitrogens with one attached hydrogen (secondary N) is 1. The van der Waals surface area contributed by atoms with Crippen LogP contribution in [0.3, 0.4) is 0 Å². The van der Waals surface area contributed by atoms with Crippen LogP contribution >= 0.6 is 11.3 Å². The fourth-order valence-corrected chi connectivity index (χ4v) is 2.97. The molecule has 0 aliphatic heterocycles. The summed E-state index contributed by atoms with van der Waals surface area (Å²) in [5.74, 6) is 0.960. The largest absolute Gasteiger partial charge is 0.496 e. The maximum atomic E-state index is 5.47. The molecule has 1 atom stereocenters. The molecular formula is C16H21NOS. The Morgan fingerprint density at radius 3 is 2.68 bits per heavy atom. The Hall–Kier alpha value is -1.32. The van der Waals surface area contributed by atoms with E-state index in [4.69, 9.17) is 4.74 Å². The Morgan fingerprint density at radius 1 is 1.26 bits per heavy atom. The summed E-state index contributed by atoms with van der Waals surface area (Å²) in [4.78, 5) is 0. The monoisotopic (exact) mass is 275 g/mol. The van der Waals surface area contributed by atoms with Crippen LogP contribution in [0, 0.1) is 13.8 Å². The van der Waals surface area contributed by atoms with Crippen molar-refractivity contribution >= 4 is 11.3 Å². The van der Waals surface area contributed by atoms with Crippen LogP contribution in [0.25, 0.3) is 0 Å². The summed E-state index contributed by atoms with van der Waals surface area (Å²) in [7, 11) is 1.73. The molecule has 0 fully saturated rings. The first kappa shape index (κ1) is 14.1. The maximum Gasteiger partial charge on any atom is 0.123 e. The second-order valence-electron chi connectivity index (χ2n) is 4.93. The van der Waals surface area contributed by atoms with Crippen molar-refractivity contribution in [2.24, 2.45) is 0 Å². The van der Waals surface area contributed by atoms with Gasteiger partial charge in [-0.15, -0.1) is 0 Å². The molecule has 1 aromatic heterocycles. The highest BCUT2D eigenvalue weighted by Gasteiger charge is 2.11. The summed E-state index contributed by atoms with van der Waals surface area (Å²) >= 11 is 1.76. The van der Waals surface area contributed by atoms with Gasteiger partial charge < -0.3 is 10.1 Å². The van der Waals surface area contributed by atoms with Gasteiger partial charge in [0.05, 0.1) is 7.11 Å². The van der Waals surface area contributed by atoms with Crippen LogP contribution < -0.4 is 10.1 Å². The third kappa shape index (κ3) is 3.37. The Morgan fingerprint density at radius 2 is 2.05 bits per heavy atom. The van der Waals surface area contributed by atoms with Crippen molar-refractivity contribution in [3.63, 3.8) is 0 Å². The molecular weight excluding hydrogens is 254 g/mol. The molecule has 0 saturated heterocycles. The minimum atomic E-state index is 0.273. The SMILES string of the molecule is COc1cc(C)ccc1C(C)NCc1cscc1C. The van der Waals surface area contributed by atoms with Gasteiger partial charge in [0.1, 0.15) is 5.75 Å². The van der Waals surface area contributed by atoms with E-state index < -0.39 is 0 Å². The van der Waals surface area contributed by atoms with E-state index in [2.05, 4.69) is 55.0 Å². The molecule has 2 aromatic rings. The first-order valence-corrected chi connectivity index (χ1v) is 7.45. The third-order valence-corrected chi connectivity index (χ3v) is 4.33. The predicted octanol–water partition coefficient (Wildman–Crippen LogP) is 4.22. The van der Waals surface area contributed by atoms with Gasteiger partial charge in [0, 0.05) is 18.2 Å². The summed E-state index contributed by atoms with van der Waals surface area (Å²) < 4.78 is 5.47. The minimum absolute atomic E-state index is 0.273. The van der Waals surface area contributed by atoms with Gasteiger partial charge in [-0.05, 0) is 54.3 Å². The molecule has 0 bridgehead atoms. The van der Waals surface area contributed by atoms with Crippen LogP contribution in [-0.4, -0.2) is 7.11 Å². The van der Waals surface area contributed by atoms with E-state index in [0.29, 0.717) is 0 Å². The second-order valence-corrected chi connectivity index (χ2v) is 5.67. The van der Waals surface area contributed by atoms with E-state index in [1.807, 2.05) is 0 Å². The summed E-state index contributed by atoms with van der Waals surface area (Å²) in [6, 6.07) is 6.64. The minimum Gasteiger partial charge on any atom is -0.496 e. The molecule has 2 nitrogen and oxygen atoms in total. The number of hydrogen-bond donors (Lipinski definition) is 1. The average Bonchev–Trinajstić information content (AvgIpc) is 2.81. The normalized spacial score (nSPS) is 12.4. The molecule has 0 aliphatic carbocycles. The number of aryl methyl sites for hydroxylation is 2. The zero-order valence-corrected chi connectivity index (χ0v) is 12.8. The van der Waals surface area contributed by atoms with Crippen LogP contribution in [0.15, 0.2) is 29.0 Å². The van der Waals surface area contributed by atoms with Gasteiger partial charge in [0.2, 0.25) is 0 Å². The first-order chi connectivity index (χ1) is 9.11. The number of methoxy groups -OCH3 is 1. The zero-order valence-electron chi connectivity index (χ0n) is 12.0. The van der Waals surface area contributed by atoms with Gasteiger partial charge in [-0.2, -0.15) is 11.3 Å². The molecule has 102 valence electrons. The molecule has 0 spiro atoms. The maximum absolute atomic E-state index is 5.47. The van der Waals surface area contributed by atoms with E-state index >= 15 is 0 Å². The lowest BCUT2D eigenvalue weighted by Gasteiger charge is -2.18. The molecule has 0 aliphatic rings. The molecule has 3 heteroatoms. The van der Waals surface area contributed by atoms with Crippen molar-refractivity contribution in [1.29, 1.82) is 0 Å². The van der Waals surface area contributed by atoms with Crippen LogP contribution in [0.2, 0.25) is 0 Å². The van der Waals surface area contributed by atoms with Gasteiger partial charge in [-0.1, -0.05) is 12.1 Å². The Kier molecular flexibility index (Phi) is 4.61. The number of ether oxygens (including phenoxy) is 1. The molecule has 2 rings (SSSR count). The second kappa shape index (κ2) is 6.22. The highest BCUT2D eigenvalue weighted by molar-refractivity contribution is 7.08. The lowest BCUT2D eigenvalue weighted by molar-refractivity contribution is 0.401. The van der Waals surface area contributed by atoms with Crippen LogP contribution in [-0.2, 0) is 6.54 Å². The van der Waals surface area contributed by atoms with Gasteiger partial charge >= 0.3 is 0 Å². The number of benzene rings is 1. The van der Waals surface area contributed by atoms with Gasteiger partial charge in [-0.3, -0.25) is 0 Å². The molecule has 1 N–H and O–H groups in total.